The quantitative estimate of drug-likeness (QED) is 0.0214. The molecule has 0 aliphatic heterocycles. The Labute approximate surface area is 387 Å². The molecule has 0 aliphatic rings. The molecule has 0 aromatic carbocycles. The molecule has 2 unspecified atom stereocenters. The van der Waals surface area contributed by atoms with Crippen LogP contribution in [0.25, 0.3) is 0 Å². The van der Waals surface area contributed by atoms with E-state index in [1.165, 1.54) is 70.6 Å². The van der Waals surface area contributed by atoms with Crippen LogP contribution in [0.5, 0.6) is 0 Å². The third kappa shape index (κ3) is 50.3. The van der Waals surface area contributed by atoms with Gasteiger partial charge in [-0.3, -0.25) is 13.8 Å². The molecule has 0 aliphatic carbocycles. The van der Waals surface area contributed by atoms with Gasteiger partial charge in [-0.2, -0.15) is 0 Å². The molecule has 0 aromatic rings. The molecule has 1 N–H and O–H groups in total. The van der Waals surface area contributed by atoms with Crippen LogP contribution in [0.4, 0.5) is 0 Å². The molecule has 0 fully saturated rings. The minimum absolute atomic E-state index is 0.0729. The number of allylic oxidation sites excluding steroid dienone is 16. The van der Waals surface area contributed by atoms with Crippen molar-refractivity contribution in [3.63, 3.8) is 0 Å². The third-order valence-electron chi connectivity index (χ3n) is 10.1. The molecule has 9 heteroatoms. The third-order valence-corrected chi connectivity index (χ3v) is 11.1. The van der Waals surface area contributed by atoms with E-state index >= 15 is 0 Å². The van der Waals surface area contributed by atoms with Crippen molar-refractivity contribution in [1.29, 1.82) is 0 Å². The Morgan fingerprint density at radius 2 is 0.921 bits per heavy atom. The summed E-state index contributed by atoms with van der Waals surface area (Å²) in [5.74, 6) is -0.340. The van der Waals surface area contributed by atoms with Crippen molar-refractivity contribution in [3.05, 3.63) is 97.2 Å². The Morgan fingerprint density at radius 3 is 1.38 bits per heavy atom. The van der Waals surface area contributed by atoms with E-state index in [0.29, 0.717) is 24.1 Å². The van der Waals surface area contributed by atoms with Crippen molar-refractivity contribution in [2.75, 3.05) is 54.1 Å². The van der Waals surface area contributed by atoms with Crippen molar-refractivity contribution in [1.82, 2.24) is 0 Å². The molecule has 0 rings (SSSR count). The number of carbonyl (C=O) groups excluding carboxylic acids is 1. The Balaban J connectivity index is 4.27. The second-order valence-corrected chi connectivity index (χ2v) is 18.9. The number of phosphoric acid groups is 1. The van der Waals surface area contributed by atoms with Crippen molar-refractivity contribution in [3.8, 4) is 0 Å². The van der Waals surface area contributed by atoms with Gasteiger partial charge >= 0.3 is 13.8 Å². The molecule has 0 heterocycles. The van der Waals surface area contributed by atoms with Gasteiger partial charge in [-0.05, 0) is 96.3 Å². The van der Waals surface area contributed by atoms with Crippen LogP contribution in [-0.4, -0.2) is 75.6 Å². The number of ether oxygens (including phenoxy) is 2. The van der Waals surface area contributed by atoms with Gasteiger partial charge in [-0.15, -0.1) is 0 Å². The highest BCUT2D eigenvalue weighted by molar-refractivity contribution is 7.47. The summed E-state index contributed by atoms with van der Waals surface area (Å²) in [6.07, 6.45) is 63.1. The van der Waals surface area contributed by atoms with Gasteiger partial charge in [-0.1, -0.05) is 175 Å². The number of nitrogens with zero attached hydrogens (tertiary/aromatic N) is 1. The molecular weight excluding hydrogens is 806 g/mol. The highest BCUT2D eigenvalue weighted by Crippen LogP contribution is 2.43. The summed E-state index contributed by atoms with van der Waals surface area (Å²) in [4.78, 5) is 23.0. The number of carbonyl (C=O) groups is 1. The van der Waals surface area contributed by atoms with E-state index in [2.05, 4.69) is 111 Å². The average Bonchev–Trinajstić information content (AvgIpc) is 3.24. The SMILES string of the molecule is CC/C=C\C/C=C\C/C=C\C/C=C\C/C=C\CCCCOCC(COP(=O)(O)OCC[N+](C)(C)C)OC(=O)CCCCCCCCCC/C=C\C/C=C\C/C=C\CCCCCCC. The summed E-state index contributed by atoms with van der Waals surface area (Å²) in [7, 11) is 1.62. The summed E-state index contributed by atoms with van der Waals surface area (Å²) in [6.45, 7) is 5.36. The summed E-state index contributed by atoms with van der Waals surface area (Å²) < 4.78 is 35.0. The Kier molecular flexibility index (Phi) is 44.1. The number of unbranched alkanes of at least 4 members (excludes halogenated alkanes) is 15. The molecule has 0 radical (unpaired) electrons. The fourth-order valence-electron chi connectivity index (χ4n) is 6.29. The van der Waals surface area contributed by atoms with Crippen LogP contribution in [0.3, 0.4) is 0 Å². The van der Waals surface area contributed by atoms with Gasteiger partial charge in [-0.25, -0.2) is 4.57 Å². The van der Waals surface area contributed by atoms with Crippen LogP contribution >= 0.6 is 7.82 Å². The van der Waals surface area contributed by atoms with Crippen molar-refractivity contribution in [2.24, 2.45) is 0 Å². The number of rotatable bonds is 45. The van der Waals surface area contributed by atoms with E-state index in [-0.39, 0.29) is 25.8 Å². The zero-order valence-corrected chi connectivity index (χ0v) is 41.9. The zero-order valence-electron chi connectivity index (χ0n) is 41.0. The zero-order chi connectivity index (χ0) is 46.2. The van der Waals surface area contributed by atoms with Crippen LogP contribution < -0.4 is 0 Å². The molecule has 0 saturated carbocycles. The predicted molar refractivity (Wildman–Crippen MR) is 270 cm³/mol. The number of hydrogen-bond acceptors (Lipinski definition) is 6. The first kappa shape index (κ1) is 60.4. The van der Waals surface area contributed by atoms with Gasteiger partial charge in [0.05, 0.1) is 34.4 Å². The fraction of sp³-hybridized carbons (Fsp3) is 0.685. The number of esters is 1. The van der Waals surface area contributed by atoms with Crippen LogP contribution in [0, 0.1) is 0 Å². The summed E-state index contributed by atoms with van der Waals surface area (Å²) in [6, 6.07) is 0. The van der Waals surface area contributed by atoms with Gasteiger partial charge in [0.15, 0.2) is 0 Å². The largest absolute Gasteiger partial charge is 0.472 e. The molecule has 0 spiro atoms. The highest BCUT2D eigenvalue weighted by Gasteiger charge is 2.26. The minimum atomic E-state index is -4.30. The molecule has 63 heavy (non-hydrogen) atoms. The second-order valence-electron chi connectivity index (χ2n) is 17.5. The van der Waals surface area contributed by atoms with E-state index in [4.69, 9.17) is 18.5 Å². The minimum Gasteiger partial charge on any atom is -0.457 e. The lowest BCUT2D eigenvalue weighted by atomic mass is 10.1. The van der Waals surface area contributed by atoms with Crippen LogP contribution in [0.2, 0.25) is 0 Å². The van der Waals surface area contributed by atoms with Crippen molar-refractivity contribution < 1.29 is 37.3 Å². The maximum Gasteiger partial charge on any atom is 0.472 e. The number of quaternary nitrogens is 1. The van der Waals surface area contributed by atoms with Crippen molar-refractivity contribution in [2.45, 2.75) is 187 Å². The molecule has 0 amide bonds. The van der Waals surface area contributed by atoms with E-state index in [1.54, 1.807) is 0 Å². The lowest BCUT2D eigenvalue weighted by molar-refractivity contribution is -0.870. The van der Waals surface area contributed by atoms with Crippen LogP contribution in [0.15, 0.2) is 97.2 Å². The topological polar surface area (TPSA) is 91.3 Å². The van der Waals surface area contributed by atoms with Crippen LogP contribution in [-0.2, 0) is 27.9 Å². The predicted octanol–water partition coefficient (Wildman–Crippen LogP) is 15.4. The van der Waals surface area contributed by atoms with E-state index in [0.717, 1.165) is 89.9 Å². The Bertz CT molecular complexity index is 1320. The normalized spacial score (nSPS) is 14.4. The summed E-state index contributed by atoms with van der Waals surface area (Å²) >= 11 is 0. The standard InChI is InChI=1S/C54H94NO7P/c1-6-8-10-12-14-16-18-20-22-24-26-27-28-29-30-31-33-35-37-39-41-43-45-47-54(56)62-53(52-61-63(57,58)60-50-48-55(3,4)5)51-59-49-46-44-42-40-38-36-34-32-25-23-21-19-17-15-13-11-9-7-2/h9,11,15,17-18,20-21,23-24,26,28-29,32,34,38,40,53H,6-8,10,12-14,16,19,22,25,27,30-31,33,35-37,39,41-52H2,1-5H3/p+1/b11-9-,17-15-,20-18-,23-21-,26-24-,29-28-,34-32-,40-38-. The first-order valence-electron chi connectivity index (χ1n) is 25.0. The van der Waals surface area contributed by atoms with Gasteiger partial charge in [0.25, 0.3) is 0 Å². The fourth-order valence-corrected chi connectivity index (χ4v) is 7.03. The molecule has 0 bridgehead atoms. The Morgan fingerprint density at radius 1 is 0.508 bits per heavy atom. The first-order chi connectivity index (χ1) is 30.6. The molecule has 0 aromatic heterocycles. The number of likely N-dealkylation sites (N-methyl/N-ethyl adjacent to an activating group) is 1. The highest BCUT2D eigenvalue weighted by atomic mass is 31.2. The molecule has 0 saturated heterocycles. The maximum absolute atomic E-state index is 12.8. The lowest BCUT2D eigenvalue weighted by Gasteiger charge is -2.24. The van der Waals surface area contributed by atoms with E-state index in [9.17, 15) is 14.3 Å². The van der Waals surface area contributed by atoms with Gasteiger partial charge in [0.1, 0.15) is 19.3 Å². The first-order valence-corrected chi connectivity index (χ1v) is 26.5. The van der Waals surface area contributed by atoms with Gasteiger partial charge in [0, 0.05) is 13.0 Å². The van der Waals surface area contributed by atoms with Gasteiger partial charge < -0.3 is 18.9 Å². The summed E-state index contributed by atoms with van der Waals surface area (Å²) in [5, 5.41) is 0. The molecule has 2 atom stereocenters. The number of hydrogen-bond donors (Lipinski definition) is 1. The molecule has 8 nitrogen and oxygen atoms in total. The lowest BCUT2D eigenvalue weighted by Crippen LogP contribution is -2.37. The second kappa shape index (κ2) is 46.0. The molecular formula is C54H95NO7P+. The van der Waals surface area contributed by atoms with E-state index < -0.39 is 13.9 Å². The smallest absolute Gasteiger partial charge is 0.457 e. The summed E-state index contributed by atoms with van der Waals surface area (Å²) in [5.41, 5.74) is 0. The average molecular weight is 901 g/mol. The Hall–Kier alpha value is -2.58. The number of phosphoric ester groups is 1. The van der Waals surface area contributed by atoms with Crippen LogP contribution in [0.1, 0.15) is 181 Å². The monoisotopic (exact) mass is 901 g/mol. The van der Waals surface area contributed by atoms with Crippen molar-refractivity contribution >= 4 is 13.8 Å². The van der Waals surface area contributed by atoms with Gasteiger partial charge in [0.2, 0.25) is 0 Å². The molecule has 362 valence electrons. The maximum atomic E-state index is 12.8. The van der Waals surface area contributed by atoms with E-state index in [1.807, 2.05) is 21.1 Å².